The molecule has 19 heavy (non-hydrogen) atoms. The van der Waals surface area contributed by atoms with E-state index in [1.54, 1.807) is 6.07 Å². The van der Waals surface area contributed by atoms with Crippen LogP contribution in [0.2, 0.25) is 0 Å². The third kappa shape index (κ3) is 3.57. The highest BCUT2D eigenvalue weighted by molar-refractivity contribution is 6.01. The maximum absolute atomic E-state index is 12.6. The lowest BCUT2D eigenvalue weighted by Crippen LogP contribution is -2.51. The number of carbonyl (C=O) groups excluding carboxylic acids is 1. The summed E-state index contributed by atoms with van der Waals surface area (Å²) in [6, 6.07) is 7.29. The van der Waals surface area contributed by atoms with Gasteiger partial charge >= 0.3 is 0 Å². The highest BCUT2D eigenvalue weighted by Crippen LogP contribution is 2.33. The maximum atomic E-state index is 12.6. The Morgan fingerprint density at radius 3 is 2.26 bits per heavy atom. The van der Waals surface area contributed by atoms with Gasteiger partial charge in [-0.25, -0.2) is 0 Å². The van der Waals surface area contributed by atoms with E-state index in [2.05, 4.69) is 0 Å². The molecule has 0 bridgehead atoms. The van der Waals surface area contributed by atoms with Crippen LogP contribution in [0.4, 0.5) is 0 Å². The lowest BCUT2D eigenvalue weighted by Gasteiger charge is -2.37. The standard InChI is InChI=1S/C16H25NO2/c1-11(2)19-13-9-7-8-12(10-13)14(18)15(3,4)16(5,6)17/h7-11H,17H2,1-6H3. The van der Waals surface area contributed by atoms with Crippen molar-refractivity contribution in [3.63, 3.8) is 0 Å². The molecule has 0 aliphatic heterocycles. The minimum absolute atomic E-state index is 0.0363. The van der Waals surface area contributed by atoms with E-state index in [-0.39, 0.29) is 11.9 Å². The Hall–Kier alpha value is -1.35. The highest BCUT2D eigenvalue weighted by atomic mass is 16.5. The molecule has 3 nitrogen and oxygen atoms in total. The molecule has 0 aromatic heterocycles. The molecule has 0 unspecified atom stereocenters. The number of nitrogens with two attached hydrogens (primary N) is 1. The topological polar surface area (TPSA) is 52.3 Å². The van der Waals surface area contributed by atoms with Crippen molar-refractivity contribution in [2.75, 3.05) is 0 Å². The fourth-order valence-electron chi connectivity index (χ4n) is 1.64. The number of hydrogen-bond acceptors (Lipinski definition) is 3. The quantitative estimate of drug-likeness (QED) is 0.828. The van der Waals surface area contributed by atoms with Crippen LogP contribution >= 0.6 is 0 Å². The summed E-state index contributed by atoms with van der Waals surface area (Å²) < 4.78 is 5.62. The lowest BCUT2D eigenvalue weighted by molar-refractivity contribution is 0.0734. The summed E-state index contributed by atoms with van der Waals surface area (Å²) in [6.07, 6.45) is 0.0873. The second-order valence-electron chi connectivity index (χ2n) is 6.37. The first-order valence-corrected chi connectivity index (χ1v) is 6.66. The zero-order valence-corrected chi connectivity index (χ0v) is 12.8. The Balaban J connectivity index is 3.07. The van der Waals surface area contributed by atoms with E-state index in [4.69, 9.17) is 10.5 Å². The van der Waals surface area contributed by atoms with E-state index in [9.17, 15) is 4.79 Å². The fraction of sp³-hybridized carbons (Fsp3) is 0.562. The largest absolute Gasteiger partial charge is 0.491 e. The predicted octanol–water partition coefficient (Wildman–Crippen LogP) is 3.42. The monoisotopic (exact) mass is 263 g/mol. The summed E-state index contributed by atoms with van der Waals surface area (Å²) >= 11 is 0. The van der Waals surface area contributed by atoms with Crippen LogP contribution in [0.25, 0.3) is 0 Å². The van der Waals surface area contributed by atoms with Gasteiger partial charge in [0, 0.05) is 16.5 Å². The van der Waals surface area contributed by atoms with Gasteiger partial charge in [0.2, 0.25) is 0 Å². The molecule has 106 valence electrons. The molecule has 0 saturated heterocycles. The summed E-state index contributed by atoms with van der Waals surface area (Å²) in [7, 11) is 0. The number of rotatable bonds is 5. The summed E-state index contributed by atoms with van der Waals surface area (Å²) in [5.41, 5.74) is 5.54. The molecular weight excluding hydrogens is 238 g/mol. The van der Waals surface area contributed by atoms with E-state index in [0.717, 1.165) is 0 Å². The van der Waals surface area contributed by atoms with Crippen molar-refractivity contribution < 1.29 is 9.53 Å². The zero-order valence-electron chi connectivity index (χ0n) is 12.8. The first-order chi connectivity index (χ1) is 8.55. The first kappa shape index (κ1) is 15.7. The number of Topliss-reactive ketones (excluding diaryl/α,β-unsaturated/α-hetero) is 1. The van der Waals surface area contributed by atoms with Crippen LogP contribution in [0.5, 0.6) is 5.75 Å². The third-order valence-electron chi connectivity index (χ3n) is 3.65. The number of hydrogen-bond donors (Lipinski definition) is 1. The summed E-state index contributed by atoms with van der Waals surface area (Å²) in [5, 5.41) is 0. The van der Waals surface area contributed by atoms with E-state index in [0.29, 0.717) is 11.3 Å². The van der Waals surface area contributed by atoms with Crippen molar-refractivity contribution >= 4 is 5.78 Å². The molecule has 0 spiro atoms. The van der Waals surface area contributed by atoms with Gasteiger partial charge in [-0.15, -0.1) is 0 Å². The van der Waals surface area contributed by atoms with Gasteiger partial charge in [0.15, 0.2) is 5.78 Å². The van der Waals surface area contributed by atoms with Crippen LogP contribution in [-0.4, -0.2) is 17.4 Å². The van der Waals surface area contributed by atoms with Gasteiger partial charge in [0.25, 0.3) is 0 Å². The van der Waals surface area contributed by atoms with E-state index in [1.165, 1.54) is 0 Å². The average molecular weight is 263 g/mol. The summed E-state index contributed by atoms with van der Waals surface area (Å²) in [6.45, 7) is 11.4. The molecule has 0 fully saturated rings. The van der Waals surface area contributed by atoms with Crippen LogP contribution in [0.1, 0.15) is 51.9 Å². The van der Waals surface area contributed by atoms with E-state index in [1.807, 2.05) is 59.7 Å². The number of ketones is 1. The number of benzene rings is 1. The second-order valence-corrected chi connectivity index (χ2v) is 6.37. The summed E-state index contributed by atoms with van der Waals surface area (Å²) in [4.78, 5) is 12.6. The van der Waals surface area contributed by atoms with Crippen LogP contribution in [0.3, 0.4) is 0 Å². The van der Waals surface area contributed by atoms with Gasteiger partial charge in [-0.3, -0.25) is 4.79 Å². The lowest BCUT2D eigenvalue weighted by atomic mass is 9.70. The maximum Gasteiger partial charge on any atom is 0.170 e. The van der Waals surface area contributed by atoms with Crippen LogP contribution in [-0.2, 0) is 0 Å². The number of ether oxygens (including phenoxy) is 1. The van der Waals surface area contributed by atoms with Gasteiger partial charge < -0.3 is 10.5 Å². The van der Waals surface area contributed by atoms with Gasteiger partial charge in [-0.2, -0.15) is 0 Å². The van der Waals surface area contributed by atoms with Crippen molar-refractivity contribution in [1.82, 2.24) is 0 Å². The molecule has 0 aliphatic rings. The van der Waals surface area contributed by atoms with Crippen molar-refractivity contribution in [2.45, 2.75) is 53.2 Å². The SMILES string of the molecule is CC(C)Oc1cccc(C(=O)C(C)(C)C(C)(C)N)c1. The molecule has 3 heteroatoms. The molecule has 0 amide bonds. The van der Waals surface area contributed by atoms with Gasteiger partial charge in [0.1, 0.15) is 5.75 Å². The molecule has 0 saturated carbocycles. The van der Waals surface area contributed by atoms with E-state index >= 15 is 0 Å². The average Bonchev–Trinajstić information content (AvgIpc) is 2.25. The molecule has 0 radical (unpaired) electrons. The number of carbonyl (C=O) groups is 1. The zero-order chi connectivity index (χ0) is 14.8. The molecule has 0 atom stereocenters. The van der Waals surface area contributed by atoms with Crippen molar-refractivity contribution in [2.24, 2.45) is 11.1 Å². The van der Waals surface area contributed by atoms with Crippen LogP contribution in [0.15, 0.2) is 24.3 Å². The molecule has 1 aromatic rings. The Morgan fingerprint density at radius 1 is 1.21 bits per heavy atom. The Labute approximate surface area is 116 Å². The van der Waals surface area contributed by atoms with Crippen LogP contribution < -0.4 is 10.5 Å². The summed E-state index contributed by atoms with van der Waals surface area (Å²) in [5.74, 6) is 0.751. The molecule has 0 heterocycles. The molecule has 1 aromatic carbocycles. The molecular formula is C16H25NO2. The van der Waals surface area contributed by atoms with Gasteiger partial charge in [-0.1, -0.05) is 26.0 Å². The molecule has 0 aliphatic carbocycles. The minimum Gasteiger partial charge on any atom is -0.491 e. The van der Waals surface area contributed by atoms with Gasteiger partial charge in [0.05, 0.1) is 6.10 Å². The van der Waals surface area contributed by atoms with Crippen molar-refractivity contribution in [1.29, 1.82) is 0 Å². The van der Waals surface area contributed by atoms with Crippen molar-refractivity contribution in [3.05, 3.63) is 29.8 Å². The highest BCUT2D eigenvalue weighted by Gasteiger charge is 2.40. The Bertz CT molecular complexity index is 456. The van der Waals surface area contributed by atoms with Crippen molar-refractivity contribution in [3.8, 4) is 5.75 Å². The second kappa shape index (κ2) is 5.33. The fourth-order valence-corrected chi connectivity index (χ4v) is 1.64. The predicted molar refractivity (Wildman–Crippen MR) is 78.6 cm³/mol. The molecule has 1 rings (SSSR count). The smallest absolute Gasteiger partial charge is 0.170 e. The first-order valence-electron chi connectivity index (χ1n) is 6.66. The Morgan fingerprint density at radius 2 is 1.79 bits per heavy atom. The van der Waals surface area contributed by atoms with Gasteiger partial charge in [-0.05, 0) is 39.8 Å². The Kier molecular flexibility index (Phi) is 4.41. The van der Waals surface area contributed by atoms with Crippen LogP contribution in [0, 0.1) is 5.41 Å². The normalized spacial score (nSPS) is 12.6. The molecule has 2 N–H and O–H groups in total. The van der Waals surface area contributed by atoms with E-state index < -0.39 is 11.0 Å². The minimum atomic E-state index is -0.635. The third-order valence-corrected chi connectivity index (χ3v) is 3.65.